The number of amides is 3. The molecule has 40 heavy (non-hydrogen) atoms. The number of nitrogens with zero attached hydrogens (tertiary/aromatic N) is 2. The SMILES string of the molecule is O=C(N/N=C1/C(=O)N(Cc2ccccc2)c2ccc(SCCc3ccc(C(=O)O)cc3)cc21)Nc1ccccc1. The first-order chi connectivity index (χ1) is 19.5. The van der Waals surface area contributed by atoms with Gasteiger partial charge in [-0.2, -0.15) is 5.10 Å². The van der Waals surface area contributed by atoms with Crippen LogP contribution in [0.2, 0.25) is 0 Å². The summed E-state index contributed by atoms with van der Waals surface area (Å²) in [5.41, 5.74) is 6.90. The Hall–Kier alpha value is -4.89. The van der Waals surface area contributed by atoms with Crippen molar-refractivity contribution in [2.45, 2.75) is 17.9 Å². The van der Waals surface area contributed by atoms with E-state index in [0.717, 1.165) is 33.9 Å². The Bertz CT molecular complexity index is 1560. The summed E-state index contributed by atoms with van der Waals surface area (Å²) in [6.07, 6.45) is 0.753. The van der Waals surface area contributed by atoms with Crippen LogP contribution in [-0.4, -0.2) is 34.5 Å². The van der Waals surface area contributed by atoms with Crippen LogP contribution in [0.3, 0.4) is 0 Å². The monoisotopic (exact) mass is 550 g/mol. The molecule has 0 bridgehead atoms. The highest BCUT2D eigenvalue weighted by molar-refractivity contribution is 7.99. The zero-order chi connectivity index (χ0) is 27.9. The Labute approximate surface area is 235 Å². The van der Waals surface area contributed by atoms with Crippen LogP contribution in [-0.2, 0) is 17.8 Å². The predicted molar refractivity (Wildman–Crippen MR) is 157 cm³/mol. The zero-order valence-electron chi connectivity index (χ0n) is 21.4. The molecule has 0 atom stereocenters. The van der Waals surface area contributed by atoms with Gasteiger partial charge in [-0.3, -0.25) is 4.79 Å². The summed E-state index contributed by atoms with van der Waals surface area (Å²) < 4.78 is 0. The fraction of sp³-hybridized carbons (Fsp3) is 0.0968. The maximum Gasteiger partial charge on any atom is 0.339 e. The van der Waals surface area contributed by atoms with Crippen molar-refractivity contribution in [3.05, 3.63) is 125 Å². The average molecular weight is 551 g/mol. The summed E-state index contributed by atoms with van der Waals surface area (Å²) in [6.45, 7) is 0.376. The minimum atomic E-state index is -0.945. The van der Waals surface area contributed by atoms with Gasteiger partial charge in [-0.05, 0) is 60.0 Å². The number of urea groups is 1. The second-order valence-electron chi connectivity index (χ2n) is 9.05. The number of nitrogens with one attached hydrogen (secondary N) is 2. The van der Waals surface area contributed by atoms with Crippen LogP contribution in [0.1, 0.15) is 27.0 Å². The molecule has 4 aromatic carbocycles. The van der Waals surface area contributed by atoms with Crippen molar-refractivity contribution in [1.82, 2.24) is 5.43 Å². The van der Waals surface area contributed by atoms with E-state index < -0.39 is 12.0 Å². The third kappa shape index (κ3) is 6.39. The smallest absolute Gasteiger partial charge is 0.339 e. The van der Waals surface area contributed by atoms with E-state index in [1.54, 1.807) is 40.9 Å². The summed E-state index contributed by atoms with van der Waals surface area (Å²) in [7, 11) is 0. The summed E-state index contributed by atoms with van der Waals surface area (Å²) >= 11 is 1.63. The number of aromatic carboxylic acids is 1. The molecule has 0 spiro atoms. The number of aryl methyl sites for hydroxylation is 1. The van der Waals surface area contributed by atoms with Crippen LogP contribution in [0.4, 0.5) is 16.2 Å². The van der Waals surface area contributed by atoms with Gasteiger partial charge in [-0.25, -0.2) is 15.0 Å². The number of carboxylic acid groups (broad SMARTS) is 1. The largest absolute Gasteiger partial charge is 0.478 e. The van der Waals surface area contributed by atoms with E-state index in [2.05, 4.69) is 15.8 Å². The van der Waals surface area contributed by atoms with Gasteiger partial charge in [-0.15, -0.1) is 11.8 Å². The zero-order valence-corrected chi connectivity index (χ0v) is 22.2. The van der Waals surface area contributed by atoms with Crippen LogP contribution < -0.4 is 15.6 Å². The minimum Gasteiger partial charge on any atom is -0.478 e. The Morgan fingerprint density at radius 2 is 1.55 bits per heavy atom. The van der Waals surface area contributed by atoms with Crippen molar-refractivity contribution in [1.29, 1.82) is 0 Å². The highest BCUT2D eigenvalue weighted by Crippen LogP contribution is 2.34. The summed E-state index contributed by atoms with van der Waals surface area (Å²) in [5, 5.41) is 16.0. The Balaban J connectivity index is 1.33. The number of carbonyl (C=O) groups excluding carboxylic acids is 2. The molecule has 0 saturated carbocycles. The second kappa shape index (κ2) is 12.3. The summed E-state index contributed by atoms with van der Waals surface area (Å²) in [6, 6.07) is 30.8. The molecule has 0 aliphatic carbocycles. The van der Waals surface area contributed by atoms with Gasteiger partial charge in [-0.1, -0.05) is 60.7 Å². The first-order valence-corrected chi connectivity index (χ1v) is 13.6. The quantitative estimate of drug-likeness (QED) is 0.180. The maximum atomic E-state index is 13.5. The lowest BCUT2D eigenvalue weighted by Crippen LogP contribution is -2.32. The molecule has 0 unspecified atom stereocenters. The predicted octanol–water partition coefficient (Wildman–Crippen LogP) is 5.79. The molecule has 200 valence electrons. The molecule has 0 fully saturated rings. The van der Waals surface area contributed by atoms with Crippen molar-refractivity contribution in [3.63, 3.8) is 0 Å². The number of carboxylic acids is 1. The Morgan fingerprint density at radius 1 is 0.850 bits per heavy atom. The lowest BCUT2D eigenvalue weighted by Gasteiger charge is -2.17. The van der Waals surface area contributed by atoms with E-state index >= 15 is 0 Å². The third-order valence-corrected chi connectivity index (χ3v) is 7.30. The van der Waals surface area contributed by atoms with Crippen molar-refractivity contribution in [3.8, 4) is 0 Å². The van der Waals surface area contributed by atoms with E-state index in [-0.39, 0.29) is 17.2 Å². The molecule has 9 heteroatoms. The van der Waals surface area contributed by atoms with Crippen LogP contribution >= 0.6 is 11.8 Å². The van der Waals surface area contributed by atoms with E-state index in [1.807, 2.05) is 78.9 Å². The summed E-state index contributed by atoms with van der Waals surface area (Å²) in [5.74, 6) is -0.476. The number of hydrogen-bond donors (Lipinski definition) is 3. The van der Waals surface area contributed by atoms with Crippen molar-refractivity contribution < 1.29 is 19.5 Å². The van der Waals surface area contributed by atoms with E-state index in [9.17, 15) is 14.4 Å². The lowest BCUT2D eigenvalue weighted by atomic mass is 10.1. The molecule has 1 heterocycles. The van der Waals surface area contributed by atoms with Crippen LogP contribution in [0.25, 0.3) is 0 Å². The second-order valence-corrected chi connectivity index (χ2v) is 10.2. The number of anilines is 2. The molecule has 0 saturated heterocycles. The fourth-order valence-corrected chi connectivity index (χ4v) is 5.24. The lowest BCUT2D eigenvalue weighted by molar-refractivity contribution is -0.112. The Kier molecular flexibility index (Phi) is 8.22. The molecule has 0 radical (unpaired) electrons. The van der Waals surface area contributed by atoms with Gasteiger partial charge in [0.25, 0.3) is 5.91 Å². The van der Waals surface area contributed by atoms with E-state index in [1.165, 1.54) is 0 Å². The highest BCUT2D eigenvalue weighted by Gasteiger charge is 2.34. The molecular weight excluding hydrogens is 524 g/mol. The fourth-order valence-electron chi connectivity index (χ4n) is 4.30. The van der Waals surface area contributed by atoms with Gasteiger partial charge >= 0.3 is 12.0 Å². The number of carbonyl (C=O) groups is 3. The normalized spacial score (nSPS) is 13.2. The van der Waals surface area contributed by atoms with Crippen molar-refractivity contribution in [2.24, 2.45) is 5.10 Å². The van der Waals surface area contributed by atoms with Gasteiger partial charge in [0, 0.05) is 21.9 Å². The maximum absolute atomic E-state index is 13.5. The number of para-hydroxylation sites is 1. The van der Waals surface area contributed by atoms with Gasteiger partial charge in [0.1, 0.15) is 0 Å². The van der Waals surface area contributed by atoms with Crippen molar-refractivity contribution >= 4 is 46.8 Å². The van der Waals surface area contributed by atoms with Gasteiger partial charge in [0.15, 0.2) is 5.71 Å². The molecule has 0 aromatic heterocycles. The first-order valence-electron chi connectivity index (χ1n) is 12.6. The van der Waals surface area contributed by atoms with Gasteiger partial charge in [0.05, 0.1) is 17.8 Å². The minimum absolute atomic E-state index is 0.167. The van der Waals surface area contributed by atoms with Gasteiger partial charge in [0.2, 0.25) is 0 Å². The molecule has 3 amide bonds. The number of fused-ring (bicyclic) bond motifs is 1. The molecular formula is C31H26N4O4S. The average Bonchev–Trinajstić information content (AvgIpc) is 3.22. The standard InChI is InChI=1S/C31H26N4O4S/c36-29-28(33-34-31(39)32-24-9-5-2-6-10-24)26-19-25(40-18-17-21-11-13-23(14-12-21)30(37)38)15-16-27(26)35(29)20-22-7-3-1-4-8-22/h1-16,19H,17-18,20H2,(H,37,38)(H2,32,34,39)/b33-28+. The number of benzene rings is 4. The van der Waals surface area contributed by atoms with Crippen LogP contribution in [0, 0.1) is 0 Å². The number of thioether (sulfide) groups is 1. The molecule has 8 nitrogen and oxygen atoms in total. The summed E-state index contributed by atoms with van der Waals surface area (Å²) in [4.78, 5) is 39.7. The van der Waals surface area contributed by atoms with E-state index in [4.69, 9.17) is 5.11 Å². The Morgan fingerprint density at radius 3 is 2.25 bits per heavy atom. The van der Waals surface area contributed by atoms with Crippen molar-refractivity contribution in [2.75, 3.05) is 16.0 Å². The van der Waals surface area contributed by atoms with Gasteiger partial charge < -0.3 is 15.3 Å². The highest BCUT2D eigenvalue weighted by atomic mass is 32.2. The molecule has 1 aliphatic rings. The number of hydrazone groups is 1. The number of rotatable bonds is 9. The number of hydrogen-bond acceptors (Lipinski definition) is 5. The topological polar surface area (TPSA) is 111 Å². The molecule has 5 rings (SSSR count). The van der Waals surface area contributed by atoms with Crippen LogP contribution in [0.15, 0.2) is 113 Å². The van der Waals surface area contributed by atoms with Crippen LogP contribution in [0.5, 0.6) is 0 Å². The molecule has 3 N–H and O–H groups in total. The molecule has 1 aliphatic heterocycles. The molecule has 4 aromatic rings. The van der Waals surface area contributed by atoms with E-state index in [0.29, 0.717) is 17.8 Å². The first kappa shape index (κ1) is 26.7. The third-order valence-electron chi connectivity index (χ3n) is 6.31.